The molecule has 0 aliphatic rings. The van der Waals surface area contributed by atoms with Crippen molar-refractivity contribution < 1.29 is 14.6 Å². The first kappa shape index (κ1) is 14.5. The number of benzene rings is 1. The van der Waals surface area contributed by atoms with Gasteiger partial charge in [0.1, 0.15) is 5.82 Å². The van der Waals surface area contributed by atoms with E-state index in [1.54, 1.807) is 0 Å². The minimum absolute atomic E-state index is 0.0314. The van der Waals surface area contributed by atoms with E-state index in [1.165, 1.54) is 18.2 Å². The van der Waals surface area contributed by atoms with Crippen LogP contribution in [0, 0.1) is 20.2 Å². The molecule has 1 aromatic heterocycles. The maximum Gasteiger partial charge on any atom is 0.313 e. The fourth-order valence-electron chi connectivity index (χ4n) is 1.52. The van der Waals surface area contributed by atoms with Crippen molar-refractivity contribution in [1.29, 1.82) is 0 Å². The molecule has 2 N–H and O–H groups in total. The molecule has 1 heterocycles. The zero-order valence-electron chi connectivity index (χ0n) is 10.2. The van der Waals surface area contributed by atoms with Gasteiger partial charge >= 0.3 is 5.69 Å². The summed E-state index contributed by atoms with van der Waals surface area (Å²) in [7, 11) is 0. The Morgan fingerprint density at radius 2 is 1.90 bits per heavy atom. The Kier molecular flexibility index (Phi) is 3.85. The van der Waals surface area contributed by atoms with E-state index >= 15 is 0 Å². The average molecular weight is 311 g/mol. The maximum atomic E-state index is 10.9. The number of hydrogen-bond acceptors (Lipinski definition) is 7. The molecule has 21 heavy (non-hydrogen) atoms. The van der Waals surface area contributed by atoms with Crippen molar-refractivity contribution in [2.24, 2.45) is 0 Å². The summed E-state index contributed by atoms with van der Waals surface area (Å²) in [4.78, 5) is 24.0. The lowest BCUT2D eigenvalue weighted by molar-refractivity contribution is -0.386. The van der Waals surface area contributed by atoms with Gasteiger partial charge in [-0.3, -0.25) is 20.2 Å². The fraction of sp³-hybridized carbons (Fsp3) is 0. The molecule has 0 bridgehead atoms. The minimum Gasteiger partial charge on any atom is -0.430 e. The van der Waals surface area contributed by atoms with E-state index in [2.05, 4.69) is 4.98 Å². The van der Waals surface area contributed by atoms with Crippen molar-refractivity contribution in [3.63, 3.8) is 0 Å². The van der Waals surface area contributed by atoms with E-state index in [4.69, 9.17) is 22.1 Å². The highest BCUT2D eigenvalue weighted by Crippen LogP contribution is 2.38. The number of nitrogens with zero attached hydrogens (tertiary/aromatic N) is 3. The molecule has 0 spiro atoms. The zero-order valence-corrected chi connectivity index (χ0v) is 11.0. The van der Waals surface area contributed by atoms with Gasteiger partial charge in [-0.2, -0.15) is 4.98 Å². The van der Waals surface area contributed by atoms with Crippen LogP contribution in [0.2, 0.25) is 5.02 Å². The highest BCUT2D eigenvalue weighted by molar-refractivity contribution is 6.32. The van der Waals surface area contributed by atoms with E-state index in [0.717, 1.165) is 12.1 Å². The van der Waals surface area contributed by atoms with E-state index in [1.807, 2.05) is 0 Å². The van der Waals surface area contributed by atoms with Crippen molar-refractivity contribution in [2.45, 2.75) is 0 Å². The molecule has 9 nitrogen and oxygen atoms in total. The summed E-state index contributed by atoms with van der Waals surface area (Å²) in [5.74, 6) is -0.691. The fourth-order valence-corrected chi connectivity index (χ4v) is 1.72. The summed E-state index contributed by atoms with van der Waals surface area (Å²) in [5, 5.41) is 21.6. The molecule has 2 aromatic rings. The minimum atomic E-state index is -0.693. The van der Waals surface area contributed by atoms with Gasteiger partial charge in [-0.25, -0.2) is 0 Å². The molecular formula is C11H7ClN4O5. The van der Waals surface area contributed by atoms with Gasteiger partial charge in [-0.15, -0.1) is 0 Å². The number of nitro benzene ring substituents is 1. The van der Waals surface area contributed by atoms with Gasteiger partial charge in [0.25, 0.3) is 5.69 Å². The number of halogens is 1. The van der Waals surface area contributed by atoms with Crippen molar-refractivity contribution in [3.8, 4) is 11.6 Å². The quantitative estimate of drug-likeness (QED) is 0.677. The number of nitro groups is 2. The number of ether oxygens (including phenoxy) is 1. The van der Waals surface area contributed by atoms with E-state index in [-0.39, 0.29) is 28.2 Å². The maximum absolute atomic E-state index is 10.9. The first-order valence-electron chi connectivity index (χ1n) is 5.41. The predicted molar refractivity (Wildman–Crippen MR) is 73.5 cm³/mol. The van der Waals surface area contributed by atoms with Gasteiger partial charge in [-0.1, -0.05) is 17.7 Å². The Hall–Kier alpha value is -2.94. The van der Waals surface area contributed by atoms with E-state index in [9.17, 15) is 20.2 Å². The third-order valence-electron chi connectivity index (χ3n) is 2.37. The van der Waals surface area contributed by atoms with Gasteiger partial charge in [-0.05, 0) is 6.07 Å². The summed E-state index contributed by atoms with van der Waals surface area (Å²) in [6.45, 7) is 0. The third-order valence-corrected chi connectivity index (χ3v) is 2.66. The lowest BCUT2D eigenvalue weighted by Crippen LogP contribution is -1.99. The van der Waals surface area contributed by atoms with Crippen LogP contribution in [0.4, 0.5) is 17.2 Å². The lowest BCUT2D eigenvalue weighted by Gasteiger charge is -2.07. The normalized spacial score (nSPS) is 10.1. The molecule has 0 radical (unpaired) electrons. The number of hydrogen-bond donors (Lipinski definition) is 1. The molecule has 0 fully saturated rings. The molecule has 0 unspecified atom stereocenters. The molecule has 0 saturated heterocycles. The Morgan fingerprint density at radius 1 is 1.19 bits per heavy atom. The molecular weight excluding hydrogens is 304 g/mol. The number of para-hydroxylation sites is 1. The van der Waals surface area contributed by atoms with Crippen LogP contribution in [0.25, 0.3) is 0 Å². The van der Waals surface area contributed by atoms with Crippen molar-refractivity contribution in [1.82, 2.24) is 4.98 Å². The highest BCUT2D eigenvalue weighted by Gasteiger charge is 2.21. The monoisotopic (exact) mass is 310 g/mol. The topological polar surface area (TPSA) is 134 Å². The summed E-state index contributed by atoms with van der Waals surface area (Å²) in [6, 6.07) is 5.96. The number of pyridine rings is 1. The summed E-state index contributed by atoms with van der Waals surface area (Å²) in [6.07, 6.45) is 0. The summed E-state index contributed by atoms with van der Waals surface area (Å²) >= 11 is 5.84. The molecule has 0 aliphatic carbocycles. The first-order chi connectivity index (χ1) is 9.88. The van der Waals surface area contributed by atoms with Crippen molar-refractivity contribution in [2.75, 3.05) is 5.73 Å². The second kappa shape index (κ2) is 5.59. The van der Waals surface area contributed by atoms with Crippen LogP contribution in [0.3, 0.4) is 0 Å². The van der Waals surface area contributed by atoms with E-state index < -0.39 is 15.5 Å². The van der Waals surface area contributed by atoms with Crippen molar-refractivity contribution >= 4 is 28.8 Å². The molecule has 108 valence electrons. The van der Waals surface area contributed by atoms with Gasteiger partial charge in [0.05, 0.1) is 27.0 Å². The molecule has 1 aromatic carbocycles. The van der Waals surface area contributed by atoms with Crippen LogP contribution in [0.5, 0.6) is 11.6 Å². The number of aromatic nitrogens is 1. The Morgan fingerprint density at radius 3 is 2.52 bits per heavy atom. The zero-order chi connectivity index (χ0) is 15.6. The lowest BCUT2D eigenvalue weighted by atomic mass is 10.3. The summed E-state index contributed by atoms with van der Waals surface area (Å²) < 4.78 is 5.20. The SMILES string of the molecule is Nc1cc([N+](=O)[O-])cc(Oc2c(Cl)cccc2[N+](=O)[O-])n1. The standard InChI is InChI=1S/C11H7ClN4O5/c12-7-2-1-3-8(16(19)20)11(7)21-10-5-6(15(17)18)4-9(13)14-10/h1-5H,(H2,13,14). The molecule has 0 atom stereocenters. The predicted octanol–water partition coefficient (Wildman–Crippen LogP) is 2.93. The van der Waals surface area contributed by atoms with Crippen LogP contribution in [0.15, 0.2) is 30.3 Å². The van der Waals surface area contributed by atoms with Crippen LogP contribution in [-0.4, -0.2) is 14.8 Å². The molecule has 0 aliphatic heterocycles. The van der Waals surface area contributed by atoms with Gasteiger partial charge in [0.2, 0.25) is 11.6 Å². The Balaban J connectivity index is 2.48. The molecule has 0 amide bonds. The average Bonchev–Trinajstić information content (AvgIpc) is 2.40. The summed E-state index contributed by atoms with van der Waals surface area (Å²) in [5.41, 5.74) is 4.68. The van der Waals surface area contributed by atoms with Gasteiger partial charge < -0.3 is 10.5 Å². The van der Waals surface area contributed by atoms with Crippen LogP contribution < -0.4 is 10.5 Å². The van der Waals surface area contributed by atoms with Crippen molar-refractivity contribution in [3.05, 3.63) is 55.6 Å². The highest BCUT2D eigenvalue weighted by atomic mass is 35.5. The van der Waals surface area contributed by atoms with Gasteiger partial charge in [0, 0.05) is 6.07 Å². The number of nitrogen functional groups attached to an aromatic ring is 1. The number of nitrogens with two attached hydrogens (primary N) is 1. The number of anilines is 1. The number of rotatable bonds is 4. The van der Waals surface area contributed by atoms with E-state index in [0.29, 0.717) is 0 Å². The third kappa shape index (κ3) is 3.15. The Labute approximate surface area is 122 Å². The first-order valence-corrected chi connectivity index (χ1v) is 5.79. The van der Waals surface area contributed by atoms with Gasteiger partial charge in [0.15, 0.2) is 0 Å². The second-order valence-corrected chi connectivity index (χ2v) is 4.20. The second-order valence-electron chi connectivity index (χ2n) is 3.79. The van der Waals surface area contributed by atoms with Crippen LogP contribution in [-0.2, 0) is 0 Å². The molecule has 0 saturated carbocycles. The van der Waals surface area contributed by atoms with Crippen LogP contribution in [0.1, 0.15) is 0 Å². The Bertz CT molecular complexity index is 737. The van der Waals surface area contributed by atoms with Crippen LogP contribution >= 0.6 is 11.6 Å². The smallest absolute Gasteiger partial charge is 0.313 e. The largest absolute Gasteiger partial charge is 0.430 e. The molecule has 10 heteroatoms. The molecule has 2 rings (SSSR count).